The van der Waals surface area contributed by atoms with E-state index in [-0.39, 0.29) is 0 Å². The maximum absolute atomic E-state index is 4.41. The Balaban J connectivity index is 1.83. The van der Waals surface area contributed by atoms with Gasteiger partial charge in [0.15, 0.2) is 0 Å². The van der Waals surface area contributed by atoms with Crippen molar-refractivity contribution < 1.29 is 0 Å². The minimum absolute atomic E-state index is 0.721. The first-order chi connectivity index (χ1) is 8.81. The highest BCUT2D eigenvalue weighted by Gasteiger charge is 2.21. The van der Waals surface area contributed by atoms with E-state index in [0.717, 1.165) is 32.1 Å². The minimum Gasteiger partial charge on any atom is -0.338 e. The number of imidazole rings is 1. The Morgan fingerprint density at radius 2 is 2.33 bits per heavy atom. The van der Waals surface area contributed by atoms with Gasteiger partial charge in [0, 0.05) is 45.0 Å². The molecule has 0 aromatic carbocycles. The molecule has 1 aliphatic rings. The van der Waals surface area contributed by atoms with E-state index < -0.39 is 0 Å². The summed E-state index contributed by atoms with van der Waals surface area (Å²) in [6.45, 7) is 6.78. The maximum atomic E-state index is 4.41. The van der Waals surface area contributed by atoms with Gasteiger partial charge in [-0.15, -0.1) is 0 Å². The van der Waals surface area contributed by atoms with Crippen molar-refractivity contribution >= 4 is 0 Å². The second-order valence-electron chi connectivity index (χ2n) is 5.20. The van der Waals surface area contributed by atoms with Crippen LogP contribution in [0, 0.1) is 0 Å². The van der Waals surface area contributed by atoms with Crippen molar-refractivity contribution in [3.05, 3.63) is 18.2 Å². The van der Waals surface area contributed by atoms with Crippen LogP contribution in [0.4, 0.5) is 0 Å². The topological polar surface area (TPSA) is 33.1 Å². The predicted octanol–water partition coefficient (Wildman–Crippen LogP) is 1.43. The van der Waals surface area contributed by atoms with Crippen molar-refractivity contribution in [2.24, 2.45) is 7.05 Å². The van der Waals surface area contributed by atoms with Gasteiger partial charge in [-0.3, -0.25) is 4.90 Å². The van der Waals surface area contributed by atoms with E-state index in [0.29, 0.717) is 0 Å². The van der Waals surface area contributed by atoms with Crippen molar-refractivity contribution in [2.45, 2.75) is 38.6 Å². The zero-order chi connectivity index (χ0) is 12.8. The van der Waals surface area contributed by atoms with Crippen LogP contribution in [0.3, 0.4) is 0 Å². The van der Waals surface area contributed by atoms with Gasteiger partial charge in [0.25, 0.3) is 0 Å². The van der Waals surface area contributed by atoms with E-state index >= 15 is 0 Å². The number of nitrogens with zero attached hydrogens (tertiary/aromatic N) is 3. The number of aromatic nitrogens is 2. The number of likely N-dealkylation sites (tertiary alicyclic amines) is 1. The molecule has 4 heteroatoms. The molecule has 1 aromatic rings. The van der Waals surface area contributed by atoms with E-state index in [2.05, 4.69) is 33.7 Å². The fourth-order valence-electron chi connectivity index (χ4n) is 2.78. The summed E-state index contributed by atoms with van der Waals surface area (Å²) >= 11 is 0. The van der Waals surface area contributed by atoms with Crippen molar-refractivity contribution in [2.75, 3.05) is 26.2 Å². The van der Waals surface area contributed by atoms with Crippen LogP contribution in [0.1, 0.15) is 32.0 Å². The molecular formula is C14H26N4. The standard InChI is InChI=1S/C14H26N4/c1-3-15-12-13-6-4-5-9-18(13)10-7-14-16-8-11-17(14)2/h8,11,13,15H,3-7,9-10,12H2,1-2H3. The molecule has 0 amide bonds. The molecule has 1 N–H and O–H groups in total. The van der Waals surface area contributed by atoms with Crippen LogP contribution in [-0.4, -0.2) is 46.7 Å². The molecule has 0 aliphatic carbocycles. The first kappa shape index (κ1) is 13.6. The summed E-state index contributed by atoms with van der Waals surface area (Å²) in [5.41, 5.74) is 0. The third-order valence-corrected chi connectivity index (χ3v) is 3.92. The van der Waals surface area contributed by atoms with Gasteiger partial charge in [0.1, 0.15) is 5.82 Å². The number of hydrogen-bond donors (Lipinski definition) is 1. The lowest BCUT2D eigenvalue weighted by Gasteiger charge is -2.35. The second kappa shape index (κ2) is 6.90. The Labute approximate surface area is 110 Å². The minimum atomic E-state index is 0.721. The van der Waals surface area contributed by atoms with E-state index in [1.807, 2.05) is 12.4 Å². The molecule has 102 valence electrons. The monoisotopic (exact) mass is 250 g/mol. The summed E-state index contributed by atoms with van der Waals surface area (Å²) in [6, 6.07) is 0.721. The van der Waals surface area contributed by atoms with E-state index in [4.69, 9.17) is 0 Å². The van der Waals surface area contributed by atoms with E-state index in [1.165, 1.54) is 31.6 Å². The quantitative estimate of drug-likeness (QED) is 0.829. The van der Waals surface area contributed by atoms with Gasteiger partial charge < -0.3 is 9.88 Å². The lowest BCUT2D eigenvalue weighted by molar-refractivity contribution is 0.146. The summed E-state index contributed by atoms with van der Waals surface area (Å²) in [6.07, 6.45) is 9.06. The summed E-state index contributed by atoms with van der Waals surface area (Å²) in [4.78, 5) is 7.05. The normalized spacial score (nSPS) is 21.3. The Morgan fingerprint density at radius 1 is 1.44 bits per heavy atom. The van der Waals surface area contributed by atoms with Gasteiger partial charge in [-0.2, -0.15) is 0 Å². The molecule has 1 aromatic heterocycles. The molecule has 1 fully saturated rings. The molecule has 0 saturated carbocycles. The molecule has 1 aliphatic heterocycles. The number of hydrogen-bond acceptors (Lipinski definition) is 3. The van der Waals surface area contributed by atoms with Crippen molar-refractivity contribution in [1.29, 1.82) is 0 Å². The first-order valence-electron chi connectivity index (χ1n) is 7.22. The molecule has 1 unspecified atom stereocenters. The third kappa shape index (κ3) is 3.56. The average Bonchev–Trinajstić information content (AvgIpc) is 2.80. The molecule has 0 radical (unpaired) electrons. The number of piperidine rings is 1. The largest absolute Gasteiger partial charge is 0.338 e. The number of rotatable bonds is 6. The zero-order valence-corrected chi connectivity index (χ0v) is 11.7. The highest BCUT2D eigenvalue weighted by molar-refractivity contribution is 4.92. The van der Waals surface area contributed by atoms with Crippen LogP contribution in [0.25, 0.3) is 0 Å². The second-order valence-corrected chi connectivity index (χ2v) is 5.20. The van der Waals surface area contributed by atoms with E-state index in [1.54, 1.807) is 0 Å². The Bertz CT molecular complexity index is 347. The van der Waals surface area contributed by atoms with Crippen LogP contribution in [-0.2, 0) is 13.5 Å². The number of likely N-dealkylation sites (N-methyl/N-ethyl adjacent to an activating group) is 1. The van der Waals surface area contributed by atoms with Gasteiger partial charge in [-0.05, 0) is 25.9 Å². The summed E-state index contributed by atoms with van der Waals surface area (Å²) in [5, 5.41) is 3.49. The van der Waals surface area contributed by atoms with E-state index in [9.17, 15) is 0 Å². The Morgan fingerprint density at radius 3 is 3.06 bits per heavy atom. The highest BCUT2D eigenvalue weighted by Crippen LogP contribution is 2.16. The summed E-state index contributed by atoms with van der Waals surface area (Å²) < 4.78 is 2.13. The fraction of sp³-hybridized carbons (Fsp3) is 0.786. The van der Waals surface area contributed by atoms with Crippen molar-refractivity contribution in [3.63, 3.8) is 0 Å². The lowest BCUT2D eigenvalue weighted by atomic mass is 10.0. The molecule has 4 nitrogen and oxygen atoms in total. The number of aryl methyl sites for hydroxylation is 1. The van der Waals surface area contributed by atoms with Crippen molar-refractivity contribution in [1.82, 2.24) is 19.8 Å². The van der Waals surface area contributed by atoms with Crippen LogP contribution in [0.5, 0.6) is 0 Å². The summed E-state index contributed by atoms with van der Waals surface area (Å²) in [7, 11) is 2.08. The summed E-state index contributed by atoms with van der Waals surface area (Å²) in [5.74, 6) is 1.20. The van der Waals surface area contributed by atoms with Crippen molar-refractivity contribution in [3.8, 4) is 0 Å². The Hall–Kier alpha value is -0.870. The van der Waals surface area contributed by atoms with Gasteiger partial charge >= 0.3 is 0 Å². The predicted molar refractivity (Wildman–Crippen MR) is 74.7 cm³/mol. The fourth-order valence-corrected chi connectivity index (χ4v) is 2.78. The molecule has 0 bridgehead atoms. The van der Waals surface area contributed by atoms with Crippen LogP contribution >= 0.6 is 0 Å². The maximum Gasteiger partial charge on any atom is 0.109 e. The zero-order valence-electron chi connectivity index (χ0n) is 11.7. The average molecular weight is 250 g/mol. The lowest BCUT2D eigenvalue weighted by Crippen LogP contribution is -2.46. The third-order valence-electron chi connectivity index (χ3n) is 3.92. The van der Waals surface area contributed by atoms with Crippen LogP contribution in [0.15, 0.2) is 12.4 Å². The first-order valence-corrected chi connectivity index (χ1v) is 7.22. The highest BCUT2D eigenvalue weighted by atomic mass is 15.2. The smallest absolute Gasteiger partial charge is 0.109 e. The molecule has 2 heterocycles. The van der Waals surface area contributed by atoms with Gasteiger partial charge in [-0.1, -0.05) is 13.3 Å². The number of nitrogens with one attached hydrogen (secondary N) is 1. The molecule has 18 heavy (non-hydrogen) atoms. The van der Waals surface area contributed by atoms with Crippen LogP contribution in [0.2, 0.25) is 0 Å². The molecule has 2 rings (SSSR count). The van der Waals surface area contributed by atoms with Gasteiger partial charge in [-0.25, -0.2) is 4.98 Å². The molecule has 1 saturated heterocycles. The SMILES string of the molecule is CCNCC1CCCCN1CCc1nccn1C. The molecular weight excluding hydrogens is 224 g/mol. The molecule has 1 atom stereocenters. The van der Waals surface area contributed by atoms with Gasteiger partial charge in [0.2, 0.25) is 0 Å². The van der Waals surface area contributed by atoms with Crippen LogP contribution < -0.4 is 5.32 Å². The van der Waals surface area contributed by atoms with Gasteiger partial charge in [0.05, 0.1) is 0 Å². The molecule has 0 spiro atoms. The Kier molecular flexibility index (Phi) is 5.20.